The van der Waals surface area contributed by atoms with Gasteiger partial charge in [0.25, 0.3) is 0 Å². The zero-order valence-corrected chi connectivity index (χ0v) is 9.98. The van der Waals surface area contributed by atoms with E-state index in [9.17, 15) is 0 Å². The largest absolute Gasteiger partial charge is 0.0985 e. The fourth-order valence-electron chi connectivity index (χ4n) is 1.25. The van der Waals surface area contributed by atoms with Gasteiger partial charge in [-0.05, 0) is 30.5 Å². The maximum Gasteiger partial charge on any atom is -0.0263 e. The topological polar surface area (TPSA) is 0 Å². The fourth-order valence-corrected chi connectivity index (χ4v) is 1.25. The molecule has 2 rings (SSSR count). The molecule has 0 aromatic heterocycles. The van der Waals surface area contributed by atoms with Crippen LogP contribution in [0, 0.1) is 13.8 Å². The summed E-state index contributed by atoms with van der Waals surface area (Å²) < 4.78 is 0. The third-order valence-electron chi connectivity index (χ3n) is 2.46. The number of aryl methyl sites for hydroxylation is 2. The number of hydrogen-bond acceptors (Lipinski definition) is 0. The molecule has 16 heavy (non-hydrogen) atoms. The molecule has 0 heterocycles. The van der Waals surface area contributed by atoms with E-state index in [1.165, 1.54) is 16.7 Å². The Morgan fingerprint density at radius 1 is 0.750 bits per heavy atom. The summed E-state index contributed by atoms with van der Waals surface area (Å²) in [5.74, 6) is 0. The zero-order valence-electron chi connectivity index (χ0n) is 9.98. The molecule has 0 heteroatoms. The van der Waals surface area contributed by atoms with Crippen LogP contribution < -0.4 is 0 Å². The van der Waals surface area contributed by atoms with E-state index in [0.717, 1.165) is 0 Å². The van der Waals surface area contributed by atoms with Crippen LogP contribution in [0.3, 0.4) is 0 Å². The molecule has 0 aliphatic rings. The van der Waals surface area contributed by atoms with Gasteiger partial charge >= 0.3 is 0 Å². The van der Waals surface area contributed by atoms with Gasteiger partial charge in [0.2, 0.25) is 0 Å². The highest BCUT2D eigenvalue weighted by Gasteiger charge is 1.83. The highest BCUT2D eigenvalue weighted by atomic mass is 13.9. The molecule has 0 fully saturated rings. The Morgan fingerprint density at radius 2 is 1.19 bits per heavy atom. The molecule has 0 radical (unpaired) electrons. The van der Waals surface area contributed by atoms with Crippen molar-refractivity contribution in [2.75, 3.05) is 0 Å². The Kier molecular flexibility index (Phi) is 5.07. The molecule has 0 amide bonds. The Balaban J connectivity index is 0.000000160. The lowest BCUT2D eigenvalue weighted by Gasteiger charge is -1.93. The minimum atomic E-state index is 1.17. The Labute approximate surface area is 98.3 Å². The SMILES string of the molecule is C=Cc1ccccc1.Cc1ccccc1C. The van der Waals surface area contributed by atoms with Crippen molar-refractivity contribution in [2.24, 2.45) is 0 Å². The van der Waals surface area contributed by atoms with E-state index in [2.05, 4.69) is 44.7 Å². The van der Waals surface area contributed by atoms with E-state index in [0.29, 0.717) is 0 Å². The first-order valence-corrected chi connectivity index (χ1v) is 5.43. The predicted molar refractivity (Wildman–Crippen MR) is 72.4 cm³/mol. The first-order valence-electron chi connectivity index (χ1n) is 5.43. The molecule has 0 spiro atoms. The second-order valence-corrected chi connectivity index (χ2v) is 3.70. The summed E-state index contributed by atoms with van der Waals surface area (Å²) in [6.07, 6.45) is 1.83. The zero-order chi connectivity index (χ0) is 11.8. The molecule has 0 bridgehead atoms. The van der Waals surface area contributed by atoms with Gasteiger partial charge in [-0.1, -0.05) is 67.3 Å². The normalized spacial score (nSPS) is 8.88. The lowest BCUT2D eigenvalue weighted by molar-refractivity contribution is 1.34. The third kappa shape index (κ3) is 4.14. The number of hydrogen-bond donors (Lipinski definition) is 0. The van der Waals surface area contributed by atoms with Gasteiger partial charge in [0.15, 0.2) is 0 Å². The van der Waals surface area contributed by atoms with Crippen molar-refractivity contribution in [3.63, 3.8) is 0 Å². The molecule has 2 aromatic carbocycles. The van der Waals surface area contributed by atoms with Crippen LogP contribution >= 0.6 is 0 Å². The van der Waals surface area contributed by atoms with Crippen LogP contribution in [-0.2, 0) is 0 Å². The number of rotatable bonds is 1. The lowest BCUT2D eigenvalue weighted by atomic mass is 10.1. The average molecular weight is 210 g/mol. The molecule has 0 N–H and O–H groups in total. The van der Waals surface area contributed by atoms with Gasteiger partial charge in [-0.2, -0.15) is 0 Å². The van der Waals surface area contributed by atoms with Gasteiger partial charge in [0.1, 0.15) is 0 Å². The van der Waals surface area contributed by atoms with Crippen molar-refractivity contribution in [2.45, 2.75) is 13.8 Å². The molecule has 0 aliphatic carbocycles. The lowest BCUT2D eigenvalue weighted by Crippen LogP contribution is -1.74. The second-order valence-electron chi connectivity index (χ2n) is 3.70. The third-order valence-corrected chi connectivity index (χ3v) is 2.46. The average Bonchev–Trinajstić information content (AvgIpc) is 2.35. The van der Waals surface area contributed by atoms with Crippen molar-refractivity contribution in [1.82, 2.24) is 0 Å². The first kappa shape index (κ1) is 12.3. The Hall–Kier alpha value is -1.82. The summed E-state index contributed by atoms with van der Waals surface area (Å²) in [6.45, 7) is 7.87. The van der Waals surface area contributed by atoms with Gasteiger partial charge in [-0.15, -0.1) is 0 Å². The van der Waals surface area contributed by atoms with Crippen LogP contribution in [0.15, 0.2) is 61.2 Å². The molecule has 82 valence electrons. The first-order chi connectivity index (χ1) is 7.74. The van der Waals surface area contributed by atoms with Crippen LogP contribution in [-0.4, -0.2) is 0 Å². The van der Waals surface area contributed by atoms with E-state index >= 15 is 0 Å². The number of benzene rings is 2. The highest BCUT2D eigenvalue weighted by molar-refractivity contribution is 5.45. The van der Waals surface area contributed by atoms with Crippen molar-refractivity contribution in [1.29, 1.82) is 0 Å². The van der Waals surface area contributed by atoms with Crippen LogP contribution in [0.4, 0.5) is 0 Å². The molecule has 0 nitrogen and oxygen atoms in total. The second kappa shape index (κ2) is 6.62. The predicted octanol–water partition coefficient (Wildman–Crippen LogP) is 4.63. The molecule has 0 saturated heterocycles. The Morgan fingerprint density at radius 3 is 1.50 bits per heavy atom. The van der Waals surface area contributed by atoms with Gasteiger partial charge in [-0.3, -0.25) is 0 Å². The van der Waals surface area contributed by atoms with Crippen LogP contribution in [0.2, 0.25) is 0 Å². The van der Waals surface area contributed by atoms with Crippen molar-refractivity contribution >= 4 is 6.08 Å². The van der Waals surface area contributed by atoms with E-state index in [1.807, 2.05) is 36.4 Å². The summed E-state index contributed by atoms with van der Waals surface area (Å²) in [7, 11) is 0. The van der Waals surface area contributed by atoms with E-state index in [-0.39, 0.29) is 0 Å². The van der Waals surface area contributed by atoms with E-state index in [4.69, 9.17) is 0 Å². The summed E-state index contributed by atoms with van der Waals surface area (Å²) >= 11 is 0. The summed E-state index contributed by atoms with van der Waals surface area (Å²) in [5.41, 5.74) is 3.91. The van der Waals surface area contributed by atoms with Crippen LogP contribution in [0.25, 0.3) is 6.08 Å². The summed E-state index contributed by atoms with van der Waals surface area (Å²) in [5, 5.41) is 0. The maximum absolute atomic E-state index is 3.63. The van der Waals surface area contributed by atoms with Crippen molar-refractivity contribution in [3.05, 3.63) is 77.9 Å². The van der Waals surface area contributed by atoms with Crippen LogP contribution in [0.1, 0.15) is 16.7 Å². The van der Waals surface area contributed by atoms with Gasteiger partial charge in [0.05, 0.1) is 0 Å². The monoisotopic (exact) mass is 210 g/mol. The van der Waals surface area contributed by atoms with Gasteiger partial charge in [0, 0.05) is 0 Å². The fraction of sp³-hybridized carbons (Fsp3) is 0.125. The summed E-state index contributed by atoms with van der Waals surface area (Å²) in [6, 6.07) is 18.4. The standard InChI is InChI=1S/C8H10.C8H8/c1-7-5-3-4-6-8(7)2;1-2-8-6-4-3-5-7-8/h3-6H,1-2H3;2-7H,1H2. The highest BCUT2D eigenvalue weighted by Crippen LogP contribution is 2.02. The molecule has 0 aliphatic heterocycles. The maximum atomic E-state index is 3.63. The van der Waals surface area contributed by atoms with E-state index in [1.54, 1.807) is 0 Å². The molecule has 0 saturated carbocycles. The minimum absolute atomic E-state index is 1.17. The van der Waals surface area contributed by atoms with Crippen LogP contribution in [0.5, 0.6) is 0 Å². The van der Waals surface area contributed by atoms with Gasteiger partial charge in [-0.25, -0.2) is 0 Å². The smallest absolute Gasteiger partial charge is 0.0263 e. The van der Waals surface area contributed by atoms with Gasteiger partial charge < -0.3 is 0 Å². The van der Waals surface area contributed by atoms with Crippen molar-refractivity contribution < 1.29 is 0 Å². The molecular formula is C16H18. The minimum Gasteiger partial charge on any atom is -0.0985 e. The van der Waals surface area contributed by atoms with Crippen molar-refractivity contribution in [3.8, 4) is 0 Å². The molecule has 2 aromatic rings. The van der Waals surface area contributed by atoms with E-state index < -0.39 is 0 Å². The summed E-state index contributed by atoms with van der Waals surface area (Å²) in [4.78, 5) is 0. The molecule has 0 unspecified atom stereocenters. The molecular weight excluding hydrogens is 192 g/mol. The molecule has 0 atom stereocenters. The Bertz CT molecular complexity index is 406. The quantitative estimate of drug-likeness (QED) is 0.643.